The van der Waals surface area contributed by atoms with Crippen molar-refractivity contribution >= 4 is 6.03 Å². The molecule has 134 valence electrons. The fraction of sp³-hybridized carbons (Fsp3) is 0.500. The Morgan fingerprint density at radius 2 is 2.28 bits per heavy atom. The number of nitrogens with one attached hydrogen (secondary N) is 1. The molecule has 7 heteroatoms. The van der Waals surface area contributed by atoms with E-state index in [2.05, 4.69) is 21.6 Å². The molecule has 0 saturated carbocycles. The van der Waals surface area contributed by atoms with E-state index < -0.39 is 0 Å². The molecule has 1 saturated heterocycles. The van der Waals surface area contributed by atoms with E-state index in [4.69, 9.17) is 4.74 Å². The number of rotatable bonds is 5. The van der Waals surface area contributed by atoms with Crippen LogP contribution in [0, 0.1) is 6.92 Å². The summed E-state index contributed by atoms with van der Waals surface area (Å²) in [6.07, 6.45) is 3.57. The van der Waals surface area contributed by atoms with Gasteiger partial charge in [-0.15, -0.1) is 10.2 Å². The molecule has 0 bridgehead atoms. The summed E-state index contributed by atoms with van der Waals surface area (Å²) in [5.74, 6) is 1.73. The van der Waals surface area contributed by atoms with Crippen molar-refractivity contribution in [3.63, 3.8) is 0 Å². The molecule has 1 aromatic carbocycles. The molecule has 1 aliphatic heterocycles. The summed E-state index contributed by atoms with van der Waals surface area (Å²) in [6, 6.07) is 5.93. The zero-order valence-electron chi connectivity index (χ0n) is 15.0. The lowest BCUT2D eigenvalue weighted by Crippen LogP contribution is -2.39. The van der Waals surface area contributed by atoms with E-state index in [9.17, 15) is 4.79 Å². The maximum atomic E-state index is 12.6. The van der Waals surface area contributed by atoms with Gasteiger partial charge in [-0.2, -0.15) is 0 Å². The van der Waals surface area contributed by atoms with Gasteiger partial charge in [0, 0.05) is 20.1 Å². The molecule has 0 spiro atoms. The summed E-state index contributed by atoms with van der Waals surface area (Å²) in [4.78, 5) is 14.5. The van der Waals surface area contributed by atoms with Gasteiger partial charge in [0.1, 0.15) is 12.1 Å². The standard InChI is InChI=1S/C18H25N5O2/c1-4-25-16-8-7-14(10-13(16)2)11-19-18(24)23-9-5-6-15(23)17-21-20-12-22(17)3/h7-8,10,12,15H,4-6,9,11H2,1-3H3,(H,19,24)/t15-/m1/s1. The second-order valence-electron chi connectivity index (χ2n) is 6.34. The summed E-state index contributed by atoms with van der Waals surface area (Å²) in [6.45, 7) is 5.87. The molecule has 0 aliphatic carbocycles. The summed E-state index contributed by atoms with van der Waals surface area (Å²) >= 11 is 0. The smallest absolute Gasteiger partial charge is 0.318 e. The van der Waals surface area contributed by atoms with Crippen LogP contribution in [0.5, 0.6) is 5.75 Å². The normalized spacial score (nSPS) is 16.9. The van der Waals surface area contributed by atoms with Crippen LogP contribution in [0.1, 0.15) is 42.8 Å². The van der Waals surface area contributed by atoms with Crippen LogP contribution in [0.15, 0.2) is 24.5 Å². The molecule has 2 aromatic rings. The molecule has 1 aromatic heterocycles. The average Bonchev–Trinajstić information content (AvgIpc) is 3.23. The van der Waals surface area contributed by atoms with Gasteiger partial charge in [-0.05, 0) is 43.9 Å². The van der Waals surface area contributed by atoms with Crippen molar-refractivity contribution in [2.45, 2.75) is 39.3 Å². The number of likely N-dealkylation sites (tertiary alicyclic amines) is 1. The quantitative estimate of drug-likeness (QED) is 0.906. The van der Waals surface area contributed by atoms with Crippen LogP contribution < -0.4 is 10.1 Å². The number of urea groups is 1. The third-order valence-corrected chi connectivity index (χ3v) is 4.54. The van der Waals surface area contributed by atoms with Gasteiger partial charge in [-0.25, -0.2) is 4.79 Å². The number of carbonyl (C=O) groups excluding carboxylic acids is 1. The second-order valence-corrected chi connectivity index (χ2v) is 6.34. The molecule has 25 heavy (non-hydrogen) atoms. The summed E-state index contributed by atoms with van der Waals surface area (Å²) in [5.41, 5.74) is 2.13. The van der Waals surface area contributed by atoms with E-state index in [1.165, 1.54) is 0 Å². The lowest BCUT2D eigenvalue weighted by atomic mass is 10.1. The van der Waals surface area contributed by atoms with E-state index in [-0.39, 0.29) is 12.1 Å². The predicted octanol–water partition coefficient (Wildman–Crippen LogP) is 2.57. The van der Waals surface area contributed by atoms with Gasteiger partial charge >= 0.3 is 6.03 Å². The highest BCUT2D eigenvalue weighted by Gasteiger charge is 2.32. The fourth-order valence-electron chi connectivity index (χ4n) is 3.29. The Morgan fingerprint density at radius 1 is 1.44 bits per heavy atom. The lowest BCUT2D eigenvalue weighted by Gasteiger charge is -2.24. The maximum absolute atomic E-state index is 12.6. The number of amides is 2. The Morgan fingerprint density at radius 3 is 2.96 bits per heavy atom. The van der Waals surface area contributed by atoms with Crippen LogP contribution in [0.4, 0.5) is 4.79 Å². The van der Waals surface area contributed by atoms with Crippen molar-refractivity contribution in [3.8, 4) is 5.75 Å². The largest absolute Gasteiger partial charge is 0.494 e. The number of hydrogen-bond acceptors (Lipinski definition) is 4. The summed E-state index contributed by atoms with van der Waals surface area (Å²) < 4.78 is 7.44. The minimum atomic E-state index is -0.0583. The molecule has 1 atom stereocenters. The third-order valence-electron chi connectivity index (χ3n) is 4.54. The third kappa shape index (κ3) is 3.75. The van der Waals surface area contributed by atoms with Gasteiger partial charge < -0.3 is 19.5 Å². The van der Waals surface area contributed by atoms with Crippen molar-refractivity contribution in [3.05, 3.63) is 41.5 Å². The van der Waals surface area contributed by atoms with Crippen LogP contribution in [0.2, 0.25) is 0 Å². The number of aromatic nitrogens is 3. The molecule has 1 aliphatic rings. The van der Waals surface area contributed by atoms with Gasteiger partial charge in [0.15, 0.2) is 5.82 Å². The van der Waals surface area contributed by atoms with Gasteiger partial charge in [0.25, 0.3) is 0 Å². The summed E-state index contributed by atoms with van der Waals surface area (Å²) in [5, 5.41) is 11.1. The Bertz CT molecular complexity index is 743. The molecule has 2 amide bonds. The predicted molar refractivity (Wildman–Crippen MR) is 94.3 cm³/mol. The van der Waals surface area contributed by atoms with E-state index in [0.29, 0.717) is 13.2 Å². The van der Waals surface area contributed by atoms with Crippen LogP contribution >= 0.6 is 0 Å². The summed E-state index contributed by atoms with van der Waals surface area (Å²) in [7, 11) is 1.91. The number of aryl methyl sites for hydroxylation is 2. The first-order valence-corrected chi connectivity index (χ1v) is 8.70. The van der Waals surface area contributed by atoms with Crippen LogP contribution in [-0.4, -0.2) is 38.8 Å². The fourth-order valence-corrected chi connectivity index (χ4v) is 3.29. The maximum Gasteiger partial charge on any atom is 0.318 e. The van der Waals surface area contributed by atoms with Crippen LogP contribution in [0.25, 0.3) is 0 Å². The Labute approximate surface area is 148 Å². The van der Waals surface area contributed by atoms with Crippen LogP contribution in [-0.2, 0) is 13.6 Å². The van der Waals surface area contributed by atoms with Crippen molar-refractivity contribution in [2.75, 3.05) is 13.2 Å². The lowest BCUT2D eigenvalue weighted by molar-refractivity contribution is 0.189. The number of benzene rings is 1. The molecular weight excluding hydrogens is 318 g/mol. The minimum absolute atomic E-state index is 0.00503. The first-order chi connectivity index (χ1) is 12.1. The van der Waals surface area contributed by atoms with Crippen molar-refractivity contribution in [1.29, 1.82) is 0 Å². The molecule has 7 nitrogen and oxygen atoms in total. The zero-order chi connectivity index (χ0) is 17.8. The average molecular weight is 343 g/mol. The van der Waals surface area contributed by atoms with Gasteiger partial charge in [-0.1, -0.05) is 12.1 Å². The SMILES string of the molecule is CCOc1ccc(CNC(=O)N2CCC[C@@H]2c2nncn2C)cc1C. The number of nitrogens with zero attached hydrogens (tertiary/aromatic N) is 4. The molecule has 2 heterocycles. The Balaban J connectivity index is 1.62. The van der Waals surface area contributed by atoms with E-state index >= 15 is 0 Å². The molecular formula is C18H25N5O2. The van der Waals surface area contributed by atoms with E-state index in [0.717, 1.165) is 42.1 Å². The second kappa shape index (κ2) is 7.55. The highest BCUT2D eigenvalue weighted by molar-refractivity contribution is 5.75. The molecule has 1 N–H and O–H groups in total. The molecule has 3 rings (SSSR count). The zero-order valence-corrected chi connectivity index (χ0v) is 15.0. The highest BCUT2D eigenvalue weighted by atomic mass is 16.5. The Hall–Kier alpha value is -2.57. The van der Waals surface area contributed by atoms with E-state index in [1.54, 1.807) is 6.33 Å². The van der Waals surface area contributed by atoms with Gasteiger partial charge in [-0.3, -0.25) is 0 Å². The van der Waals surface area contributed by atoms with Gasteiger partial charge in [0.2, 0.25) is 0 Å². The highest BCUT2D eigenvalue weighted by Crippen LogP contribution is 2.30. The van der Waals surface area contributed by atoms with Crippen molar-refractivity contribution in [2.24, 2.45) is 7.05 Å². The number of ether oxygens (including phenoxy) is 1. The number of carbonyl (C=O) groups is 1. The van der Waals surface area contributed by atoms with E-state index in [1.807, 2.05) is 42.5 Å². The molecule has 0 unspecified atom stereocenters. The Kier molecular flexibility index (Phi) is 5.21. The van der Waals surface area contributed by atoms with Gasteiger partial charge in [0.05, 0.1) is 12.6 Å². The first-order valence-electron chi connectivity index (χ1n) is 8.70. The van der Waals surface area contributed by atoms with Crippen LogP contribution in [0.3, 0.4) is 0 Å². The first kappa shape index (κ1) is 17.3. The number of hydrogen-bond donors (Lipinski definition) is 1. The van der Waals surface area contributed by atoms with Crippen molar-refractivity contribution < 1.29 is 9.53 Å². The topological polar surface area (TPSA) is 72.3 Å². The van der Waals surface area contributed by atoms with Crippen molar-refractivity contribution in [1.82, 2.24) is 25.0 Å². The molecule has 1 fully saturated rings. The molecule has 0 radical (unpaired) electrons. The monoisotopic (exact) mass is 343 g/mol. The minimum Gasteiger partial charge on any atom is -0.494 e.